The van der Waals surface area contributed by atoms with Gasteiger partial charge in [-0.2, -0.15) is 5.10 Å². The number of rotatable bonds is 6. The smallest absolute Gasteiger partial charge is 0.224 e. The summed E-state index contributed by atoms with van der Waals surface area (Å²) in [5.74, 6) is -0.306. The first-order valence-electron chi connectivity index (χ1n) is 8.53. The molecule has 0 spiro atoms. The van der Waals surface area contributed by atoms with Crippen LogP contribution in [0.25, 0.3) is 10.9 Å². The molecule has 1 aromatic heterocycles. The van der Waals surface area contributed by atoms with Crippen LogP contribution < -0.4 is 11.1 Å². The van der Waals surface area contributed by atoms with Crippen LogP contribution in [-0.4, -0.2) is 28.6 Å². The summed E-state index contributed by atoms with van der Waals surface area (Å²) in [4.78, 5) is 23.7. The molecule has 0 aliphatic heterocycles. The molecule has 128 valence electrons. The first kappa shape index (κ1) is 16.5. The van der Waals surface area contributed by atoms with Gasteiger partial charge in [0.1, 0.15) is 0 Å². The maximum absolute atomic E-state index is 12.3. The predicted octanol–water partition coefficient (Wildman–Crippen LogP) is 2.05. The van der Waals surface area contributed by atoms with Crippen LogP contribution in [0, 0.1) is 5.41 Å². The third kappa shape index (κ3) is 3.93. The largest absolute Gasteiger partial charge is 0.370 e. The van der Waals surface area contributed by atoms with Crippen molar-refractivity contribution in [3.63, 3.8) is 0 Å². The predicted molar refractivity (Wildman–Crippen MR) is 92.1 cm³/mol. The Morgan fingerprint density at radius 1 is 1.25 bits per heavy atom. The number of nitrogens with one attached hydrogen (secondary N) is 2. The second-order valence-corrected chi connectivity index (χ2v) is 6.95. The summed E-state index contributed by atoms with van der Waals surface area (Å²) < 4.78 is 0. The molecular weight excluding hydrogens is 304 g/mol. The molecule has 0 bridgehead atoms. The zero-order valence-electron chi connectivity index (χ0n) is 13.8. The molecular formula is C18H24N4O2. The number of aromatic amines is 1. The minimum Gasteiger partial charge on any atom is -0.370 e. The molecule has 6 nitrogen and oxygen atoms in total. The topological polar surface area (TPSA) is 101 Å². The lowest BCUT2D eigenvalue weighted by atomic mass is 9.71. The van der Waals surface area contributed by atoms with Gasteiger partial charge in [0.05, 0.1) is 18.1 Å². The molecule has 3 rings (SSSR count). The number of carbonyl (C=O) groups is 2. The number of nitrogens with zero attached hydrogens (tertiary/aromatic N) is 1. The molecule has 4 N–H and O–H groups in total. The van der Waals surface area contributed by atoms with Gasteiger partial charge in [-0.3, -0.25) is 14.7 Å². The zero-order chi connectivity index (χ0) is 17.0. The van der Waals surface area contributed by atoms with Crippen LogP contribution in [0.2, 0.25) is 0 Å². The highest BCUT2D eigenvalue weighted by Crippen LogP contribution is 2.38. The van der Waals surface area contributed by atoms with Crippen molar-refractivity contribution in [1.29, 1.82) is 0 Å². The van der Waals surface area contributed by atoms with Crippen molar-refractivity contribution in [2.75, 3.05) is 6.54 Å². The van der Waals surface area contributed by atoms with Crippen molar-refractivity contribution in [3.05, 3.63) is 30.0 Å². The highest BCUT2D eigenvalue weighted by atomic mass is 16.2. The van der Waals surface area contributed by atoms with Gasteiger partial charge >= 0.3 is 0 Å². The summed E-state index contributed by atoms with van der Waals surface area (Å²) >= 11 is 0. The first-order valence-corrected chi connectivity index (χ1v) is 8.53. The highest BCUT2D eigenvalue weighted by molar-refractivity contribution is 5.82. The number of H-pyrrole nitrogens is 1. The quantitative estimate of drug-likeness (QED) is 0.756. The van der Waals surface area contributed by atoms with Crippen LogP contribution in [0.3, 0.4) is 0 Å². The van der Waals surface area contributed by atoms with Crippen molar-refractivity contribution in [2.24, 2.45) is 11.1 Å². The average molecular weight is 328 g/mol. The van der Waals surface area contributed by atoms with E-state index in [1.807, 2.05) is 18.2 Å². The van der Waals surface area contributed by atoms with Crippen LogP contribution in [-0.2, 0) is 16.0 Å². The lowest BCUT2D eigenvalue weighted by molar-refractivity contribution is -0.124. The van der Waals surface area contributed by atoms with Gasteiger partial charge in [0.15, 0.2) is 0 Å². The SMILES string of the molecule is NC(=O)CC1(CNC(=O)Cc2ccc3cn[nH]c3c2)CCCCC1. The molecule has 6 heteroatoms. The van der Waals surface area contributed by atoms with Crippen molar-refractivity contribution in [3.8, 4) is 0 Å². The Labute approximate surface area is 141 Å². The van der Waals surface area contributed by atoms with Crippen molar-refractivity contribution >= 4 is 22.7 Å². The number of nitrogens with two attached hydrogens (primary N) is 1. The van der Waals surface area contributed by atoms with Gasteiger partial charge in [0.25, 0.3) is 0 Å². The molecule has 1 aromatic carbocycles. The standard InChI is InChI=1S/C18H24N4O2/c19-16(23)10-18(6-2-1-3-7-18)12-20-17(24)9-13-4-5-14-11-21-22-15(14)8-13/h4-5,8,11H,1-3,6-7,9-10,12H2,(H2,19,23)(H,20,24)(H,21,22). The molecule has 2 amide bonds. The number of benzene rings is 1. The summed E-state index contributed by atoms with van der Waals surface area (Å²) in [7, 11) is 0. The van der Waals surface area contributed by atoms with E-state index in [0.29, 0.717) is 19.4 Å². The number of amides is 2. The Morgan fingerprint density at radius 3 is 2.79 bits per heavy atom. The number of carbonyl (C=O) groups excluding carboxylic acids is 2. The van der Waals surface area contributed by atoms with E-state index in [4.69, 9.17) is 5.73 Å². The molecule has 0 radical (unpaired) electrons. The summed E-state index contributed by atoms with van der Waals surface area (Å²) in [5, 5.41) is 10.9. The van der Waals surface area contributed by atoms with Crippen LogP contribution in [0.1, 0.15) is 44.1 Å². The monoisotopic (exact) mass is 328 g/mol. The molecule has 1 fully saturated rings. The van der Waals surface area contributed by atoms with Crippen molar-refractivity contribution in [2.45, 2.75) is 44.9 Å². The van der Waals surface area contributed by atoms with Crippen LogP contribution in [0.5, 0.6) is 0 Å². The minimum atomic E-state index is -0.282. The van der Waals surface area contributed by atoms with E-state index in [-0.39, 0.29) is 17.2 Å². The molecule has 24 heavy (non-hydrogen) atoms. The molecule has 1 aliphatic rings. The van der Waals surface area contributed by atoms with Crippen LogP contribution in [0.4, 0.5) is 0 Å². The van der Waals surface area contributed by atoms with E-state index < -0.39 is 0 Å². The Kier molecular flexibility index (Phi) is 4.83. The Morgan fingerprint density at radius 2 is 2.04 bits per heavy atom. The van der Waals surface area contributed by atoms with Gasteiger partial charge in [-0.15, -0.1) is 0 Å². The van der Waals surface area contributed by atoms with E-state index >= 15 is 0 Å². The van der Waals surface area contributed by atoms with Gasteiger partial charge in [0.2, 0.25) is 11.8 Å². The number of primary amides is 1. The van der Waals surface area contributed by atoms with E-state index in [1.165, 1.54) is 6.42 Å². The summed E-state index contributed by atoms with van der Waals surface area (Å²) in [6.07, 6.45) is 7.73. The number of hydrogen-bond acceptors (Lipinski definition) is 3. The van der Waals surface area contributed by atoms with E-state index in [0.717, 1.165) is 42.1 Å². The van der Waals surface area contributed by atoms with Gasteiger partial charge in [0, 0.05) is 18.4 Å². The normalized spacial score (nSPS) is 16.8. The van der Waals surface area contributed by atoms with Crippen molar-refractivity contribution in [1.82, 2.24) is 15.5 Å². The number of aromatic nitrogens is 2. The maximum atomic E-state index is 12.3. The van der Waals surface area contributed by atoms with Gasteiger partial charge in [-0.05, 0) is 29.9 Å². The molecule has 1 aliphatic carbocycles. The zero-order valence-corrected chi connectivity index (χ0v) is 13.8. The van der Waals surface area contributed by atoms with Gasteiger partial charge in [-0.1, -0.05) is 31.4 Å². The molecule has 0 atom stereocenters. The molecule has 1 saturated carbocycles. The minimum absolute atomic E-state index is 0.0247. The molecule has 0 saturated heterocycles. The third-order valence-electron chi connectivity index (χ3n) is 5.00. The van der Waals surface area contributed by atoms with E-state index in [1.54, 1.807) is 6.20 Å². The Hall–Kier alpha value is -2.37. The fraction of sp³-hybridized carbons (Fsp3) is 0.500. The molecule has 1 heterocycles. The second-order valence-electron chi connectivity index (χ2n) is 6.95. The molecule has 2 aromatic rings. The van der Waals surface area contributed by atoms with E-state index in [9.17, 15) is 9.59 Å². The maximum Gasteiger partial charge on any atom is 0.224 e. The summed E-state index contributed by atoms with van der Waals surface area (Å²) in [6.45, 7) is 0.529. The Bertz CT molecular complexity index is 731. The lowest BCUT2D eigenvalue weighted by Crippen LogP contribution is -2.42. The van der Waals surface area contributed by atoms with Crippen LogP contribution in [0.15, 0.2) is 24.4 Å². The number of hydrogen-bond donors (Lipinski definition) is 3. The van der Waals surface area contributed by atoms with Gasteiger partial charge < -0.3 is 11.1 Å². The summed E-state index contributed by atoms with van der Waals surface area (Å²) in [5.41, 5.74) is 7.13. The van der Waals surface area contributed by atoms with Gasteiger partial charge in [-0.25, -0.2) is 0 Å². The Balaban J connectivity index is 1.59. The highest BCUT2D eigenvalue weighted by Gasteiger charge is 2.34. The molecule has 0 unspecified atom stereocenters. The number of fused-ring (bicyclic) bond motifs is 1. The van der Waals surface area contributed by atoms with E-state index in [2.05, 4.69) is 15.5 Å². The lowest BCUT2D eigenvalue weighted by Gasteiger charge is -2.36. The van der Waals surface area contributed by atoms with Crippen LogP contribution >= 0.6 is 0 Å². The summed E-state index contributed by atoms with van der Waals surface area (Å²) in [6, 6.07) is 5.84. The third-order valence-corrected chi connectivity index (χ3v) is 5.00. The van der Waals surface area contributed by atoms with Crippen molar-refractivity contribution < 1.29 is 9.59 Å². The fourth-order valence-corrected chi connectivity index (χ4v) is 3.72. The second kappa shape index (κ2) is 7.03. The fourth-order valence-electron chi connectivity index (χ4n) is 3.72. The first-order chi connectivity index (χ1) is 11.6. The average Bonchev–Trinajstić information content (AvgIpc) is 3.01.